The third-order valence-electron chi connectivity index (χ3n) is 2.42. The standard InChI is InChI=1S/C16H18Cl2O4/c1-5-21-13(19)9-7-10-12(17)8-6-11(14(10)18)15(20)22-16(2,3)4/h6-9H,5H2,1-4H3/b9-7+. The topological polar surface area (TPSA) is 52.6 Å². The maximum absolute atomic E-state index is 12.1. The van der Waals surface area contributed by atoms with Crippen molar-refractivity contribution < 1.29 is 19.1 Å². The highest BCUT2D eigenvalue weighted by Crippen LogP contribution is 2.30. The second-order valence-electron chi connectivity index (χ2n) is 5.41. The van der Waals surface area contributed by atoms with Crippen LogP contribution in [0.2, 0.25) is 10.0 Å². The summed E-state index contributed by atoms with van der Waals surface area (Å²) in [6, 6.07) is 3.01. The number of hydrogen-bond acceptors (Lipinski definition) is 4. The van der Waals surface area contributed by atoms with Gasteiger partial charge in [0.2, 0.25) is 0 Å². The minimum absolute atomic E-state index is 0.127. The Morgan fingerprint density at radius 3 is 2.41 bits per heavy atom. The van der Waals surface area contributed by atoms with Crippen LogP contribution in [0.5, 0.6) is 0 Å². The number of ether oxygens (including phenoxy) is 2. The first-order valence-electron chi connectivity index (χ1n) is 6.72. The SMILES string of the molecule is CCOC(=O)/C=C/c1c(Cl)ccc(C(=O)OC(C)(C)C)c1Cl. The zero-order chi connectivity index (χ0) is 16.9. The van der Waals surface area contributed by atoms with E-state index in [1.54, 1.807) is 27.7 Å². The summed E-state index contributed by atoms with van der Waals surface area (Å²) >= 11 is 12.3. The van der Waals surface area contributed by atoms with Crippen LogP contribution in [0.1, 0.15) is 43.6 Å². The summed E-state index contributed by atoms with van der Waals surface area (Å²) in [5.41, 5.74) is -0.0923. The van der Waals surface area contributed by atoms with Gasteiger partial charge in [-0.3, -0.25) is 0 Å². The molecule has 0 aliphatic carbocycles. The highest BCUT2D eigenvalue weighted by Gasteiger charge is 2.21. The van der Waals surface area contributed by atoms with Crippen molar-refractivity contribution in [2.45, 2.75) is 33.3 Å². The van der Waals surface area contributed by atoms with Gasteiger partial charge in [0.25, 0.3) is 0 Å². The Labute approximate surface area is 140 Å². The highest BCUT2D eigenvalue weighted by molar-refractivity contribution is 6.39. The van der Waals surface area contributed by atoms with E-state index in [2.05, 4.69) is 0 Å². The Hall–Kier alpha value is -1.52. The predicted octanol–water partition coefficient (Wildman–Crippen LogP) is 4.53. The molecular weight excluding hydrogens is 327 g/mol. The van der Waals surface area contributed by atoms with Crippen molar-refractivity contribution in [3.8, 4) is 0 Å². The van der Waals surface area contributed by atoms with Gasteiger partial charge in [-0.15, -0.1) is 0 Å². The van der Waals surface area contributed by atoms with E-state index in [0.717, 1.165) is 0 Å². The second kappa shape index (κ2) is 7.65. The predicted molar refractivity (Wildman–Crippen MR) is 87.3 cm³/mol. The molecule has 0 heterocycles. The van der Waals surface area contributed by atoms with E-state index in [9.17, 15) is 9.59 Å². The fourth-order valence-electron chi connectivity index (χ4n) is 1.55. The summed E-state index contributed by atoms with van der Waals surface area (Å²) in [5, 5.41) is 0.445. The van der Waals surface area contributed by atoms with Crippen LogP contribution >= 0.6 is 23.2 Å². The zero-order valence-electron chi connectivity index (χ0n) is 12.9. The summed E-state index contributed by atoms with van der Waals surface area (Å²) in [6.07, 6.45) is 2.62. The minimum Gasteiger partial charge on any atom is -0.463 e. The van der Waals surface area contributed by atoms with Crippen molar-refractivity contribution >= 4 is 41.2 Å². The molecule has 0 saturated carbocycles. The van der Waals surface area contributed by atoms with Gasteiger partial charge in [-0.25, -0.2) is 9.59 Å². The van der Waals surface area contributed by atoms with Crippen LogP contribution < -0.4 is 0 Å². The first-order chi connectivity index (χ1) is 10.2. The Morgan fingerprint density at radius 2 is 1.86 bits per heavy atom. The van der Waals surface area contributed by atoms with Crippen LogP contribution in [-0.2, 0) is 14.3 Å². The van der Waals surface area contributed by atoms with E-state index in [1.165, 1.54) is 24.3 Å². The summed E-state index contributed by atoms with van der Waals surface area (Å²) in [4.78, 5) is 23.5. The summed E-state index contributed by atoms with van der Waals surface area (Å²) in [5.74, 6) is -1.07. The number of carbonyl (C=O) groups is 2. The number of carbonyl (C=O) groups excluding carboxylic acids is 2. The lowest BCUT2D eigenvalue weighted by molar-refractivity contribution is -0.137. The van der Waals surface area contributed by atoms with Crippen LogP contribution in [0, 0.1) is 0 Å². The third-order valence-corrected chi connectivity index (χ3v) is 3.15. The third kappa shape index (κ3) is 5.35. The normalized spacial score (nSPS) is 11.5. The molecule has 0 spiro atoms. The molecule has 22 heavy (non-hydrogen) atoms. The molecule has 0 aliphatic heterocycles. The second-order valence-corrected chi connectivity index (χ2v) is 6.20. The van der Waals surface area contributed by atoms with Gasteiger partial charge < -0.3 is 9.47 Å². The molecule has 0 atom stereocenters. The van der Waals surface area contributed by atoms with Crippen molar-refractivity contribution in [3.63, 3.8) is 0 Å². The molecule has 6 heteroatoms. The molecule has 0 bridgehead atoms. The van der Waals surface area contributed by atoms with Crippen LogP contribution in [0.15, 0.2) is 18.2 Å². The molecule has 1 rings (SSSR count). The van der Waals surface area contributed by atoms with Crippen molar-refractivity contribution in [1.82, 2.24) is 0 Å². The van der Waals surface area contributed by atoms with Gasteiger partial charge in [0.1, 0.15) is 5.60 Å². The Balaban J connectivity index is 3.13. The first-order valence-corrected chi connectivity index (χ1v) is 7.47. The van der Waals surface area contributed by atoms with E-state index >= 15 is 0 Å². The molecule has 0 radical (unpaired) electrons. The lowest BCUT2D eigenvalue weighted by atomic mass is 10.1. The lowest BCUT2D eigenvalue weighted by Crippen LogP contribution is -2.24. The number of halogens is 2. The summed E-state index contributed by atoms with van der Waals surface area (Å²) in [7, 11) is 0. The monoisotopic (exact) mass is 344 g/mol. The van der Waals surface area contributed by atoms with Crippen LogP contribution in [0.25, 0.3) is 6.08 Å². The average Bonchev–Trinajstić information content (AvgIpc) is 2.36. The van der Waals surface area contributed by atoms with Gasteiger partial charge in [-0.2, -0.15) is 0 Å². The van der Waals surface area contributed by atoms with E-state index < -0.39 is 17.5 Å². The molecule has 0 fully saturated rings. The van der Waals surface area contributed by atoms with Crippen LogP contribution in [-0.4, -0.2) is 24.1 Å². The average molecular weight is 345 g/mol. The van der Waals surface area contributed by atoms with E-state index in [-0.39, 0.29) is 17.2 Å². The maximum Gasteiger partial charge on any atom is 0.340 e. The molecule has 0 N–H and O–H groups in total. The van der Waals surface area contributed by atoms with E-state index in [4.69, 9.17) is 32.7 Å². The number of hydrogen-bond donors (Lipinski definition) is 0. The highest BCUT2D eigenvalue weighted by atomic mass is 35.5. The smallest absolute Gasteiger partial charge is 0.340 e. The number of benzene rings is 1. The Kier molecular flexibility index (Phi) is 6.45. The first kappa shape index (κ1) is 18.5. The largest absolute Gasteiger partial charge is 0.463 e. The fraction of sp³-hybridized carbons (Fsp3) is 0.375. The molecule has 0 unspecified atom stereocenters. The Morgan fingerprint density at radius 1 is 1.23 bits per heavy atom. The Bertz CT molecular complexity index is 601. The van der Waals surface area contributed by atoms with Gasteiger partial charge in [-0.1, -0.05) is 23.2 Å². The fourth-order valence-corrected chi connectivity index (χ4v) is 2.13. The molecule has 0 amide bonds. The molecule has 0 aromatic heterocycles. The number of esters is 2. The quantitative estimate of drug-likeness (QED) is 0.594. The molecule has 120 valence electrons. The molecule has 4 nitrogen and oxygen atoms in total. The van der Waals surface area contributed by atoms with Gasteiger partial charge >= 0.3 is 11.9 Å². The molecular formula is C16H18Cl2O4. The van der Waals surface area contributed by atoms with Gasteiger partial charge in [0.05, 0.1) is 17.2 Å². The molecule has 1 aromatic carbocycles. The number of rotatable bonds is 4. The van der Waals surface area contributed by atoms with Crippen molar-refractivity contribution in [3.05, 3.63) is 39.4 Å². The lowest BCUT2D eigenvalue weighted by Gasteiger charge is -2.20. The van der Waals surface area contributed by atoms with E-state index in [1.807, 2.05) is 0 Å². The van der Waals surface area contributed by atoms with Crippen LogP contribution in [0.3, 0.4) is 0 Å². The maximum atomic E-state index is 12.1. The minimum atomic E-state index is -0.638. The van der Waals surface area contributed by atoms with Crippen molar-refractivity contribution in [2.24, 2.45) is 0 Å². The summed E-state index contributed by atoms with van der Waals surface area (Å²) < 4.78 is 10.1. The zero-order valence-corrected chi connectivity index (χ0v) is 14.4. The van der Waals surface area contributed by atoms with Crippen molar-refractivity contribution in [2.75, 3.05) is 6.61 Å². The van der Waals surface area contributed by atoms with E-state index in [0.29, 0.717) is 10.6 Å². The summed E-state index contributed by atoms with van der Waals surface area (Å²) in [6.45, 7) is 7.25. The molecule has 0 aliphatic rings. The van der Waals surface area contributed by atoms with Gasteiger partial charge in [0.15, 0.2) is 0 Å². The van der Waals surface area contributed by atoms with Gasteiger partial charge in [0, 0.05) is 16.7 Å². The van der Waals surface area contributed by atoms with Gasteiger partial charge in [-0.05, 0) is 45.9 Å². The van der Waals surface area contributed by atoms with Crippen molar-refractivity contribution in [1.29, 1.82) is 0 Å². The molecule has 0 saturated heterocycles. The van der Waals surface area contributed by atoms with Crippen LogP contribution in [0.4, 0.5) is 0 Å². The molecule has 1 aromatic rings.